The first-order chi connectivity index (χ1) is 15.4. The van der Waals surface area contributed by atoms with Gasteiger partial charge in [0.05, 0.1) is 16.7 Å². The number of anilines is 2. The lowest BCUT2D eigenvalue weighted by Gasteiger charge is -2.34. The van der Waals surface area contributed by atoms with Crippen LogP contribution in [0.4, 0.5) is 20.2 Å². The molecule has 1 fully saturated rings. The number of halogens is 2. The van der Waals surface area contributed by atoms with Gasteiger partial charge in [-0.15, -0.1) is 0 Å². The third-order valence-corrected chi connectivity index (χ3v) is 6.46. The lowest BCUT2D eigenvalue weighted by molar-refractivity contribution is 0.470. The van der Waals surface area contributed by atoms with Gasteiger partial charge in [0.2, 0.25) is 10.9 Å². The van der Waals surface area contributed by atoms with E-state index in [1.54, 1.807) is 33.9 Å². The van der Waals surface area contributed by atoms with Crippen LogP contribution in [0.25, 0.3) is 33.1 Å². The fourth-order valence-corrected chi connectivity index (χ4v) is 4.97. The van der Waals surface area contributed by atoms with Crippen molar-refractivity contribution in [2.24, 2.45) is 0 Å². The van der Waals surface area contributed by atoms with E-state index in [1.807, 2.05) is 13.8 Å². The van der Waals surface area contributed by atoms with E-state index in [2.05, 4.69) is 15.0 Å². The predicted molar refractivity (Wildman–Crippen MR) is 123 cm³/mol. The Hall–Kier alpha value is -2.98. The van der Waals surface area contributed by atoms with Gasteiger partial charge in [0, 0.05) is 60.4 Å². The molecule has 0 saturated carbocycles. The summed E-state index contributed by atoms with van der Waals surface area (Å²) in [5.74, 6) is -1.20. The molecule has 7 nitrogen and oxygen atoms in total. The summed E-state index contributed by atoms with van der Waals surface area (Å²) in [7, 11) is -2.80. The first-order valence-corrected chi connectivity index (χ1v) is 11.7. The van der Waals surface area contributed by atoms with Gasteiger partial charge in [-0.05, 0) is 38.1 Å². The summed E-state index contributed by atoms with van der Waals surface area (Å²) in [4.78, 5) is 6.38. The summed E-state index contributed by atoms with van der Waals surface area (Å²) in [6.07, 6.45) is 1.80. The summed E-state index contributed by atoms with van der Waals surface area (Å²) in [5, 5.41) is 4.40. The maximum atomic E-state index is 15.9. The average molecular weight is 460 g/mol. The van der Waals surface area contributed by atoms with Gasteiger partial charge in [0.1, 0.15) is 11.5 Å². The van der Waals surface area contributed by atoms with Crippen molar-refractivity contribution in [1.82, 2.24) is 14.9 Å². The van der Waals surface area contributed by atoms with Gasteiger partial charge in [-0.1, -0.05) is 0 Å². The van der Waals surface area contributed by atoms with Crippen molar-refractivity contribution in [3.63, 3.8) is 0 Å². The third-order valence-electron chi connectivity index (χ3n) is 6.02. The SMILES string of the molecule is CCn1cc2c3cc(N[SH](=O)=O)ccc3nc-2c2cc(F)c(N3CCNC(C)C3)c(F)c21. The number of hydrogen-bond donors (Lipinski definition) is 3. The van der Waals surface area contributed by atoms with Gasteiger partial charge < -0.3 is 14.8 Å². The van der Waals surface area contributed by atoms with Gasteiger partial charge >= 0.3 is 0 Å². The molecule has 10 heteroatoms. The van der Waals surface area contributed by atoms with E-state index in [9.17, 15) is 8.42 Å². The second-order valence-corrected chi connectivity index (χ2v) is 8.85. The molecule has 0 amide bonds. The summed E-state index contributed by atoms with van der Waals surface area (Å²) >= 11 is 0. The highest BCUT2D eigenvalue weighted by molar-refractivity contribution is 7.73. The Labute approximate surface area is 185 Å². The molecule has 3 aliphatic heterocycles. The van der Waals surface area contributed by atoms with Gasteiger partial charge in [-0.25, -0.2) is 22.2 Å². The molecule has 2 N–H and O–H groups in total. The van der Waals surface area contributed by atoms with Crippen LogP contribution in [0, 0.1) is 11.6 Å². The molecule has 0 bridgehead atoms. The zero-order valence-corrected chi connectivity index (χ0v) is 18.5. The minimum absolute atomic E-state index is 0.00533. The highest BCUT2D eigenvalue weighted by atomic mass is 32.2. The minimum atomic E-state index is -2.80. The number of piperazine rings is 1. The van der Waals surface area contributed by atoms with Crippen LogP contribution in [0.1, 0.15) is 13.8 Å². The zero-order chi connectivity index (χ0) is 22.6. The summed E-state index contributed by atoms with van der Waals surface area (Å²) in [6, 6.07) is 6.50. The van der Waals surface area contributed by atoms with Gasteiger partial charge in [0.25, 0.3) is 0 Å². The first kappa shape index (κ1) is 20.9. The molecule has 2 aromatic carbocycles. The van der Waals surface area contributed by atoms with Crippen molar-refractivity contribution < 1.29 is 17.2 Å². The topological polar surface area (TPSA) is 79.3 Å². The second-order valence-electron chi connectivity index (χ2n) is 8.11. The predicted octanol–water partition coefficient (Wildman–Crippen LogP) is 3.33. The smallest absolute Gasteiger partial charge is 0.222 e. The number of fused-ring (bicyclic) bond motifs is 5. The second kappa shape index (κ2) is 7.86. The fourth-order valence-electron chi connectivity index (χ4n) is 4.62. The van der Waals surface area contributed by atoms with E-state index < -0.39 is 22.5 Å². The number of nitrogens with one attached hydrogen (secondary N) is 2. The number of hydrogen-bond acceptors (Lipinski definition) is 5. The fraction of sp³-hybridized carbons (Fsp3) is 0.318. The summed E-state index contributed by atoms with van der Waals surface area (Å²) in [5.41, 5.74) is 2.54. The Morgan fingerprint density at radius 3 is 2.78 bits per heavy atom. The average Bonchev–Trinajstić information content (AvgIpc) is 3.11. The van der Waals surface area contributed by atoms with Crippen LogP contribution in [0.2, 0.25) is 0 Å². The van der Waals surface area contributed by atoms with Crippen LogP contribution < -0.4 is 14.9 Å². The molecule has 0 aliphatic carbocycles. The van der Waals surface area contributed by atoms with E-state index >= 15 is 8.78 Å². The van der Waals surface area contributed by atoms with Crippen LogP contribution in [0.3, 0.4) is 0 Å². The Morgan fingerprint density at radius 1 is 1.25 bits per heavy atom. The van der Waals surface area contributed by atoms with E-state index in [0.29, 0.717) is 64.9 Å². The molecule has 32 heavy (non-hydrogen) atoms. The number of aromatic nitrogens is 2. The van der Waals surface area contributed by atoms with E-state index in [0.717, 1.165) is 0 Å². The largest absolute Gasteiger partial charge is 0.364 e. The molecule has 5 rings (SSSR count). The van der Waals surface area contributed by atoms with Crippen molar-refractivity contribution in [2.75, 3.05) is 29.3 Å². The maximum Gasteiger partial charge on any atom is 0.222 e. The van der Waals surface area contributed by atoms with E-state index in [1.165, 1.54) is 6.07 Å². The van der Waals surface area contributed by atoms with Crippen LogP contribution in [0.15, 0.2) is 30.5 Å². The number of thiol groups is 1. The molecule has 3 aliphatic rings. The van der Waals surface area contributed by atoms with Crippen LogP contribution in [-0.2, 0) is 17.4 Å². The van der Waals surface area contributed by atoms with Crippen molar-refractivity contribution in [2.45, 2.75) is 26.4 Å². The molecule has 168 valence electrons. The highest BCUT2D eigenvalue weighted by Gasteiger charge is 2.27. The molecule has 1 atom stereocenters. The van der Waals surface area contributed by atoms with Crippen LogP contribution >= 0.6 is 0 Å². The van der Waals surface area contributed by atoms with E-state index in [-0.39, 0.29) is 11.7 Å². The van der Waals surface area contributed by atoms with Crippen molar-refractivity contribution in [3.8, 4) is 11.3 Å². The molecule has 1 unspecified atom stereocenters. The molecule has 3 heterocycles. The summed E-state index contributed by atoms with van der Waals surface area (Å²) < 4.78 is 57.4. The first-order valence-electron chi connectivity index (χ1n) is 10.5. The lowest BCUT2D eigenvalue weighted by atomic mass is 10.0. The molecule has 2 aromatic rings. The molecule has 0 radical (unpaired) electrons. The van der Waals surface area contributed by atoms with E-state index in [4.69, 9.17) is 0 Å². The van der Waals surface area contributed by atoms with Crippen LogP contribution in [0.5, 0.6) is 0 Å². The quantitative estimate of drug-likeness (QED) is 0.408. The van der Waals surface area contributed by atoms with Crippen molar-refractivity contribution in [1.29, 1.82) is 0 Å². The zero-order valence-electron chi connectivity index (χ0n) is 17.7. The number of pyridine rings is 1. The maximum absolute atomic E-state index is 15.9. The molecule has 0 spiro atoms. The number of rotatable bonds is 4. The third kappa shape index (κ3) is 3.34. The van der Waals surface area contributed by atoms with Gasteiger partial charge in [-0.2, -0.15) is 0 Å². The number of aryl methyl sites for hydroxylation is 1. The molecule has 0 aromatic heterocycles. The Bertz CT molecular complexity index is 1390. The van der Waals surface area contributed by atoms with Crippen molar-refractivity contribution in [3.05, 3.63) is 42.1 Å². The molecule has 1 saturated heterocycles. The van der Waals surface area contributed by atoms with Crippen LogP contribution in [-0.4, -0.2) is 43.6 Å². The van der Waals surface area contributed by atoms with Crippen molar-refractivity contribution >= 4 is 44.1 Å². The standard InChI is InChI=1S/C22H23F2N5O2S/c1-3-28-11-16-14-8-13(27-32(30)31)4-5-18(14)26-20(16)15-9-17(23)22(19(24)21(15)28)29-7-6-25-12(2)10-29/h4-5,8-9,11-12,25,32H,3,6-7,10H2,1-2H3,(H,27,30,31). The molecular formula is C22H23F2N5O2S. The Kier molecular flexibility index (Phi) is 5.13. The molecular weight excluding hydrogens is 436 g/mol. The van der Waals surface area contributed by atoms with Gasteiger partial charge in [0.15, 0.2) is 5.82 Å². The highest BCUT2D eigenvalue weighted by Crippen LogP contribution is 2.41. The number of nitrogens with zero attached hydrogens (tertiary/aromatic N) is 3. The lowest BCUT2D eigenvalue weighted by Crippen LogP contribution is -2.49. The number of benzene rings is 2. The normalized spacial score (nSPS) is 17.2. The Balaban J connectivity index is 1.78. The minimum Gasteiger partial charge on any atom is -0.364 e. The summed E-state index contributed by atoms with van der Waals surface area (Å²) in [6.45, 7) is 6.06. The monoisotopic (exact) mass is 459 g/mol. The van der Waals surface area contributed by atoms with Gasteiger partial charge in [-0.3, -0.25) is 4.72 Å². The Morgan fingerprint density at radius 2 is 2.06 bits per heavy atom.